The summed E-state index contributed by atoms with van der Waals surface area (Å²) in [4.78, 5) is 13.9. The fourth-order valence-electron chi connectivity index (χ4n) is 0.799. The summed E-state index contributed by atoms with van der Waals surface area (Å²) in [6, 6.07) is 0. The van der Waals surface area contributed by atoms with Gasteiger partial charge in [0.1, 0.15) is 0 Å². The van der Waals surface area contributed by atoms with Gasteiger partial charge in [-0.1, -0.05) is 0 Å². The number of halogens is 1. The molecule has 0 amide bonds. The van der Waals surface area contributed by atoms with Gasteiger partial charge in [0, 0.05) is 6.42 Å². The summed E-state index contributed by atoms with van der Waals surface area (Å²) in [5.41, 5.74) is 5.24. The van der Waals surface area contributed by atoms with Crippen molar-refractivity contribution in [3.05, 3.63) is 11.9 Å². The SMILES string of the molecule is CC(N)=NC/C=C(/F)CCCC(=O)O. The van der Waals surface area contributed by atoms with E-state index in [-0.39, 0.29) is 25.2 Å². The van der Waals surface area contributed by atoms with Crippen molar-refractivity contribution in [3.8, 4) is 0 Å². The van der Waals surface area contributed by atoms with E-state index >= 15 is 0 Å². The number of aliphatic carboxylic acids is 1. The quantitative estimate of drug-likeness (QED) is 0.506. The maximum Gasteiger partial charge on any atom is 0.303 e. The van der Waals surface area contributed by atoms with Crippen molar-refractivity contribution in [3.63, 3.8) is 0 Å². The number of nitrogens with zero attached hydrogens (tertiary/aromatic N) is 1. The van der Waals surface area contributed by atoms with Gasteiger partial charge in [-0.2, -0.15) is 0 Å². The number of carbonyl (C=O) groups is 1. The van der Waals surface area contributed by atoms with E-state index in [0.717, 1.165) is 0 Å². The largest absolute Gasteiger partial charge is 0.481 e. The van der Waals surface area contributed by atoms with E-state index in [1.54, 1.807) is 6.92 Å². The number of nitrogens with two attached hydrogens (primary N) is 1. The van der Waals surface area contributed by atoms with Crippen LogP contribution < -0.4 is 5.73 Å². The molecular formula is C9H15FN2O2. The summed E-state index contributed by atoms with van der Waals surface area (Å²) in [6.45, 7) is 1.83. The van der Waals surface area contributed by atoms with E-state index < -0.39 is 5.97 Å². The molecule has 3 N–H and O–H groups in total. The van der Waals surface area contributed by atoms with Crippen molar-refractivity contribution in [1.82, 2.24) is 0 Å². The first-order valence-corrected chi connectivity index (χ1v) is 4.35. The van der Waals surface area contributed by atoms with Crippen molar-refractivity contribution in [2.45, 2.75) is 26.2 Å². The number of carboxylic acids is 1. The zero-order chi connectivity index (χ0) is 11.0. The molecule has 80 valence electrons. The normalized spacial score (nSPS) is 13.0. The molecule has 0 aliphatic carbocycles. The van der Waals surface area contributed by atoms with Gasteiger partial charge in [-0.25, -0.2) is 4.39 Å². The lowest BCUT2D eigenvalue weighted by molar-refractivity contribution is -0.137. The molecule has 0 fully saturated rings. The number of aliphatic imine (C=N–C) groups is 1. The second kappa shape index (κ2) is 7.06. The fraction of sp³-hybridized carbons (Fsp3) is 0.556. The van der Waals surface area contributed by atoms with Crippen molar-refractivity contribution < 1.29 is 14.3 Å². The summed E-state index contributed by atoms with van der Waals surface area (Å²) in [6.07, 6.45) is 1.74. The summed E-state index contributed by atoms with van der Waals surface area (Å²) in [5.74, 6) is -0.843. The van der Waals surface area contributed by atoms with Crippen LogP contribution in [0.2, 0.25) is 0 Å². The second-order valence-electron chi connectivity index (χ2n) is 2.88. The molecule has 0 atom stereocenters. The Morgan fingerprint density at radius 3 is 2.71 bits per heavy atom. The zero-order valence-electron chi connectivity index (χ0n) is 8.16. The van der Waals surface area contributed by atoms with Gasteiger partial charge in [-0.3, -0.25) is 9.79 Å². The Hall–Kier alpha value is -1.39. The molecule has 4 nitrogen and oxygen atoms in total. The molecule has 0 saturated carbocycles. The number of hydrogen-bond acceptors (Lipinski definition) is 2. The Bertz CT molecular complexity index is 245. The molecule has 0 spiro atoms. The molecule has 0 aromatic carbocycles. The number of amidine groups is 1. The van der Waals surface area contributed by atoms with E-state index in [1.165, 1.54) is 6.08 Å². The highest BCUT2D eigenvalue weighted by atomic mass is 19.1. The van der Waals surface area contributed by atoms with E-state index in [4.69, 9.17) is 10.8 Å². The number of rotatable bonds is 6. The van der Waals surface area contributed by atoms with Gasteiger partial charge in [0.2, 0.25) is 0 Å². The third-order valence-electron chi connectivity index (χ3n) is 1.46. The molecule has 0 aliphatic heterocycles. The Morgan fingerprint density at radius 2 is 2.21 bits per heavy atom. The van der Waals surface area contributed by atoms with Crippen LogP contribution in [-0.4, -0.2) is 23.5 Å². The summed E-state index contributed by atoms with van der Waals surface area (Å²) < 4.78 is 12.9. The van der Waals surface area contributed by atoms with Crippen LogP contribution in [0.5, 0.6) is 0 Å². The van der Waals surface area contributed by atoms with Gasteiger partial charge in [0.25, 0.3) is 0 Å². The van der Waals surface area contributed by atoms with E-state index in [1.807, 2.05) is 0 Å². The third kappa shape index (κ3) is 8.70. The number of hydrogen-bond donors (Lipinski definition) is 2. The molecule has 0 heterocycles. The fourth-order valence-corrected chi connectivity index (χ4v) is 0.799. The molecular weight excluding hydrogens is 187 g/mol. The van der Waals surface area contributed by atoms with Crippen molar-refractivity contribution in [1.29, 1.82) is 0 Å². The van der Waals surface area contributed by atoms with Crippen LogP contribution >= 0.6 is 0 Å². The topological polar surface area (TPSA) is 75.7 Å². The van der Waals surface area contributed by atoms with Crippen LogP contribution in [0, 0.1) is 0 Å². The van der Waals surface area contributed by atoms with Gasteiger partial charge in [0.05, 0.1) is 18.2 Å². The molecule has 0 saturated heterocycles. The molecule has 0 unspecified atom stereocenters. The first kappa shape index (κ1) is 12.6. The predicted octanol–water partition coefficient (Wildman–Crippen LogP) is 1.47. The van der Waals surface area contributed by atoms with E-state index in [2.05, 4.69) is 4.99 Å². The summed E-state index contributed by atoms with van der Waals surface area (Å²) in [7, 11) is 0. The third-order valence-corrected chi connectivity index (χ3v) is 1.46. The lowest BCUT2D eigenvalue weighted by Crippen LogP contribution is -2.05. The van der Waals surface area contributed by atoms with Crippen LogP contribution in [0.4, 0.5) is 4.39 Å². The van der Waals surface area contributed by atoms with Crippen molar-refractivity contribution in [2.24, 2.45) is 10.7 Å². The monoisotopic (exact) mass is 202 g/mol. The van der Waals surface area contributed by atoms with Crippen LogP contribution in [-0.2, 0) is 4.79 Å². The lowest BCUT2D eigenvalue weighted by atomic mass is 10.2. The van der Waals surface area contributed by atoms with Gasteiger partial charge in [-0.05, 0) is 25.8 Å². The minimum absolute atomic E-state index is 0.0134. The molecule has 0 aliphatic rings. The molecule has 0 radical (unpaired) electrons. The first-order chi connectivity index (χ1) is 6.52. The molecule has 0 aromatic heterocycles. The standard InChI is InChI=1S/C9H15FN2O2/c1-7(11)12-6-5-8(10)3-2-4-9(13)14/h5H,2-4,6H2,1H3,(H2,11,12)(H,13,14)/b8-5+. The summed E-state index contributed by atoms with van der Waals surface area (Å²) >= 11 is 0. The lowest BCUT2D eigenvalue weighted by Gasteiger charge is -1.95. The average Bonchev–Trinajstić information content (AvgIpc) is 2.02. The molecule has 0 bridgehead atoms. The number of allylic oxidation sites excluding steroid dienone is 1. The van der Waals surface area contributed by atoms with Gasteiger partial charge < -0.3 is 10.8 Å². The van der Waals surface area contributed by atoms with Crippen molar-refractivity contribution >= 4 is 11.8 Å². The Morgan fingerprint density at radius 1 is 1.57 bits per heavy atom. The highest BCUT2D eigenvalue weighted by Crippen LogP contribution is 2.08. The Kier molecular flexibility index (Phi) is 6.36. The smallest absolute Gasteiger partial charge is 0.303 e. The Balaban J connectivity index is 3.67. The second-order valence-corrected chi connectivity index (χ2v) is 2.88. The maximum atomic E-state index is 12.9. The van der Waals surface area contributed by atoms with Gasteiger partial charge in [0.15, 0.2) is 0 Å². The minimum Gasteiger partial charge on any atom is -0.481 e. The Labute approximate surface area is 82.3 Å². The average molecular weight is 202 g/mol. The van der Waals surface area contributed by atoms with Crippen LogP contribution in [0.1, 0.15) is 26.2 Å². The van der Waals surface area contributed by atoms with Gasteiger partial charge in [-0.15, -0.1) is 0 Å². The minimum atomic E-state index is -0.909. The molecule has 0 rings (SSSR count). The molecule has 0 aromatic rings. The summed E-state index contributed by atoms with van der Waals surface area (Å²) in [5, 5.41) is 8.29. The van der Waals surface area contributed by atoms with Crippen LogP contribution in [0.15, 0.2) is 16.9 Å². The van der Waals surface area contributed by atoms with Crippen LogP contribution in [0.3, 0.4) is 0 Å². The molecule has 14 heavy (non-hydrogen) atoms. The van der Waals surface area contributed by atoms with E-state index in [0.29, 0.717) is 12.3 Å². The highest BCUT2D eigenvalue weighted by molar-refractivity contribution is 5.77. The number of carboxylic acid groups (broad SMARTS) is 1. The maximum absolute atomic E-state index is 12.9. The van der Waals surface area contributed by atoms with E-state index in [9.17, 15) is 9.18 Å². The van der Waals surface area contributed by atoms with Crippen LogP contribution in [0.25, 0.3) is 0 Å². The first-order valence-electron chi connectivity index (χ1n) is 4.35. The van der Waals surface area contributed by atoms with Crippen molar-refractivity contribution in [2.75, 3.05) is 6.54 Å². The highest BCUT2D eigenvalue weighted by Gasteiger charge is 1.99. The zero-order valence-corrected chi connectivity index (χ0v) is 8.16. The molecule has 5 heteroatoms. The predicted molar refractivity (Wildman–Crippen MR) is 52.8 cm³/mol. The van der Waals surface area contributed by atoms with Gasteiger partial charge >= 0.3 is 5.97 Å².